The van der Waals surface area contributed by atoms with Crippen LogP contribution in [0.5, 0.6) is 0 Å². The predicted octanol–water partition coefficient (Wildman–Crippen LogP) is 4.49. The van der Waals surface area contributed by atoms with Crippen molar-refractivity contribution in [3.05, 3.63) is 80.3 Å². The topological polar surface area (TPSA) is 140 Å². The number of carbonyl (C=O) groups excluding carboxylic acids is 2. The molecule has 2 N–H and O–H groups in total. The first kappa shape index (κ1) is 31.5. The summed E-state index contributed by atoms with van der Waals surface area (Å²) in [5, 5.41) is 14.2. The molecule has 2 amide bonds. The number of nitrogens with zero attached hydrogens (tertiary/aromatic N) is 6. The van der Waals surface area contributed by atoms with Crippen molar-refractivity contribution >= 4 is 28.9 Å². The number of halogens is 2. The molecular weight excluding hydrogens is 634 g/mol. The second kappa shape index (κ2) is 12.3. The fraction of sp³-hybridized carbons (Fsp3) is 0.486. The summed E-state index contributed by atoms with van der Waals surface area (Å²) in [6, 6.07) is 3.87. The number of carbonyl (C=O) groups is 2. The molecule has 2 saturated carbocycles. The van der Waals surface area contributed by atoms with Gasteiger partial charge in [-0.25, -0.2) is 8.78 Å². The van der Waals surface area contributed by atoms with Gasteiger partial charge in [0, 0.05) is 35.6 Å². The average Bonchev–Trinajstić information content (AvgIpc) is 3.44. The summed E-state index contributed by atoms with van der Waals surface area (Å²) in [5.41, 5.74) is 3.06. The summed E-state index contributed by atoms with van der Waals surface area (Å²) in [4.78, 5) is 47.9. The lowest BCUT2D eigenvalue weighted by Gasteiger charge is -2.46. The van der Waals surface area contributed by atoms with Gasteiger partial charge < -0.3 is 19.5 Å². The van der Waals surface area contributed by atoms with Crippen LogP contribution in [0, 0.1) is 24.5 Å². The molecule has 3 aliphatic carbocycles. The van der Waals surface area contributed by atoms with Crippen molar-refractivity contribution in [1.82, 2.24) is 34.3 Å². The Hall–Kier alpha value is -4.72. The summed E-state index contributed by atoms with van der Waals surface area (Å²) in [6.07, 6.45) is 6.92. The predicted molar refractivity (Wildman–Crippen MR) is 175 cm³/mol. The minimum Gasteiger partial charge on any atom is -0.377 e. The smallest absolute Gasteiger partial charge is 0.279 e. The molecule has 0 saturated heterocycles. The van der Waals surface area contributed by atoms with E-state index < -0.39 is 17.5 Å². The lowest BCUT2D eigenvalue weighted by atomic mass is 9.69. The molecule has 3 unspecified atom stereocenters. The van der Waals surface area contributed by atoms with E-state index in [1.54, 1.807) is 10.6 Å². The van der Waals surface area contributed by atoms with Crippen LogP contribution in [0.4, 0.5) is 14.5 Å². The number of hydrogen-bond acceptors (Lipinski definition) is 7. The van der Waals surface area contributed by atoms with E-state index in [1.807, 2.05) is 24.8 Å². The third-order valence-electron chi connectivity index (χ3n) is 10.6. The first-order chi connectivity index (χ1) is 23.7. The molecule has 256 valence electrons. The van der Waals surface area contributed by atoms with E-state index in [2.05, 4.69) is 20.6 Å². The Morgan fingerprint density at radius 1 is 1.10 bits per heavy atom. The maximum Gasteiger partial charge on any atom is 0.279 e. The van der Waals surface area contributed by atoms with E-state index in [-0.39, 0.29) is 53.3 Å². The monoisotopic (exact) mass is 672 g/mol. The van der Waals surface area contributed by atoms with Crippen LogP contribution in [0.25, 0.3) is 11.4 Å². The number of anilines is 1. The van der Waals surface area contributed by atoms with Crippen LogP contribution >= 0.6 is 0 Å². The Labute approximate surface area is 280 Å². The highest BCUT2D eigenvalue weighted by atomic mass is 19.1. The first-order valence-corrected chi connectivity index (χ1v) is 17.1. The van der Waals surface area contributed by atoms with Crippen molar-refractivity contribution in [3.8, 4) is 0 Å². The molecule has 8 rings (SSSR count). The van der Waals surface area contributed by atoms with E-state index in [4.69, 9.17) is 9.72 Å². The Balaban J connectivity index is 1.15. The first-order valence-electron chi connectivity index (χ1n) is 17.1. The molecule has 4 aliphatic rings. The molecule has 0 radical (unpaired) electrons. The fourth-order valence-electron chi connectivity index (χ4n) is 7.92. The molecule has 14 heteroatoms. The Bertz CT molecular complexity index is 2080. The van der Waals surface area contributed by atoms with Gasteiger partial charge in [-0.15, -0.1) is 5.10 Å². The van der Waals surface area contributed by atoms with Crippen LogP contribution in [-0.2, 0) is 22.5 Å². The van der Waals surface area contributed by atoms with E-state index in [9.17, 15) is 18.8 Å². The lowest BCUT2D eigenvalue weighted by Crippen LogP contribution is -2.52. The zero-order valence-electron chi connectivity index (χ0n) is 27.5. The molecule has 0 bridgehead atoms. The number of aromatic amines is 1. The average molecular weight is 673 g/mol. The maximum atomic E-state index is 15.0. The molecule has 12 nitrogen and oxygen atoms in total. The zero-order valence-corrected chi connectivity index (χ0v) is 27.5. The van der Waals surface area contributed by atoms with Gasteiger partial charge in [0.15, 0.2) is 5.82 Å². The standard InChI is InChI=1S/C35H38F2N8O4/c1-3-43(33(47)27-14-18(2)40-41-27)28-8-6-21(28)22-7-9-29-31(22)34(48)45-35(39-32(42-45)20-10-12-49-13-11-20)44(29)17-30(46)38-26-16-24(36)23(15-25(26)37)19-4-5-19/h10,14-16,19,21-22,28H,3-9,11-13,17H2,1-2H3,(H,38,46)(H,40,41). The van der Waals surface area contributed by atoms with Gasteiger partial charge in [0.05, 0.1) is 18.9 Å². The van der Waals surface area contributed by atoms with Gasteiger partial charge in [-0.1, -0.05) is 6.08 Å². The summed E-state index contributed by atoms with van der Waals surface area (Å²) in [7, 11) is 0. The number of H-pyrrole nitrogens is 1. The van der Waals surface area contributed by atoms with E-state index >= 15 is 4.39 Å². The Kier molecular flexibility index (Phi) is 7.92. The van der Waals surface area contributed by atoms with Crippen molar-refractivity contribution in [2.75, 3.05) is 25.1 Å². The highest BCUT2D eigenvalue weighted by Crippen LogP contribution is 2.48. The molecule has 2 fully saturated rings. The number of hydrogen-bond donors (Lipinski definition) is 2. The van der Waals surface area contributed by atoms with Gasteiger partial charge in [-0.2, -0.15) is 14.6 Å². The second-order valence-electron chi connectivity index (χ2n) is 13.6. The highest BCUT2D eigenvalue weighted by molar-refractivity contribution is 5.93. The molecular formula is C35H38F2N8O4. The van der Waals surface area contributed by atoms with Crippen LogP contribution in [0.15, 0.2) is 29.1 Å². The largest absolute Gasteiger partial charge is 0.377 e. The summed E-state index contributed by atoms with van der Waals surface area (Å²) in [5.74, 6) is -1.49. The normalized spacial score (nSPS) is 21.7. The van der Waals surface area contributed by atoms with Crippen molar-refractivity contribution in [2.45, 2.75) is 83.2 Å². The number of nitrogens with one attached hydrogen (secondary N) is 2. The Morgan fingerprint density at radius 2 is 1.94 bits per heavy atom. The minimum atomic E-state index is -0.695. The van der Waals surface area contributed by atoms with E-state index in [0.717, 1.165) is 43.0 Å². The van der Waals surface area contributed by atoms with Crippen LogP contribution in [0.2, 0.25) is 0 Å². The van der Waals surface area contributed by atoms with Crippen molar-refractivity contribution in [2.24, 2.45) is 5.92 Å². The van der Waals surface area contributed by atoms with Gasteiger partial charge in [-0.05, 0) is 99.8 Å². The van der Waals surface area contributed by atoms with Crippen LogP contribution in [0.3, 0.4) is 0 Å². The number of aromatic nitrogens is 6. The number of fused-ring (bicyclic) bond motifs is 2. The second-order valence-corrected chi connectivity index (χ2v) is 13.6. The molecule has 1 aliphatic heterocycles. The van der Waals surface area contributed by atoms with Gasteiger partial charge in [0.1, 0.15) is 23.9 Å². The van der Waals surface area contributed by atoms with Gasteiger partial charge in [0.2, 0.25) is 11.7 Å². The van der Waals surface area contributed by atoms with Crippen molar-refractivity contribution in [1.29, 1.82) is 0 Å². The van der Waals surface area contributed by atoms with Crippen LogP contribution < -0.4 is 10.9 Å². The van der Waals surface area contributed by atoms with E-state index in [1.165, 1.54) is 10.6 Å². The molecule has 4 aromatic rings. The number of ether oxygens (including phenoxy) is 1. The highest BCUT2D eigenvalue weighted by Gasteiger charge is 2.46. The molecule has 3 atom stereocenters. The van der Waals surface area contributed by atoms with Crippen LogP contribution in [0.1, 0.15) is 96.1 Å². The fourth-order valence-corrected chi connectivity index (χ4v) is 7.92. The summed E-state index contributed by atoms with van der Waals surface area (Å²) >= 11 is 0. The third-order valence-corrected chi connectivity index (χ3v) is 10.6. The third kappa shape index (κ3) is 5.55. The summed E-state index contributed by atoms with van der Waals surface area (Å²) < 4.78 is 38.2. The number of aryl methyl sites for hydroxylation is 1. The number of benzene rings is 1. The van der Waals surface area contributed by atoms with Gasteiger partial charge in [-0.3, -0.25) is 19.5 Å². The number of rotatable bonds is 9. The maximum absolute atomic E-state index is 15.0. The molecule has 1 aromatic carbocycles. The van der Waals surface area contributed by atoms with Gasteiger partial charge in [0.25, 0.3) is 11.5 Å². The lowest BCUT2D eigenvalue weighted by molar-refractivity contribution is -0.116. The minimum absolute atomic E-state index is 0.0181. The Morgan fingerprint density at radius 3 is 2.61 bits per heavy atom. The van der Waals surface area contributed by atoms with Gasteiger partial charge >= 0.3 is 0 Å². The van der Waals surface area contributed by atoms with Crippen molar-refractivity contribution < 1.29 is 23.1 Å². The van der Waals surface area contributed by atoms with E-state index in [0.29, 0.717) is 67.4 Å². The van der Waals surface area contributed by atoms with Crippen LogP contribution in [-0.4, -0.2) is 71.9 Å². The molecule has 49 heavy (non-hydrogen) atoms. The quantitative estimate of drug-likeness (QED) is 0.267. The number of amides is 2. The summed E-state index contributed by atoms with van der Waals surface area (Å²) in [6.45, 7) is 4.92. The SMILES string of the molecule is CCN(C(=O)c1cc(C)[nH]n1)C1CCC1C1CCc2c1c(=O)n1nc(C3=CCOCC3)nc1n2CC(=O)Nc1cc(F)c(C2CC2)cc1F. The van der Waals surface area contributed by atoms with Crippen molar-refractivity contribution in [3.63, 3.8) is 0 Å². The molecule has 0 spiro atoms. The molecule has 4 heterocycles. The zero-order chi connectivity index (χ0) is 34.0. The molecule has 3 aromatic heterocycles.